The molecule has 0 aliphatic carbocycles. The Morgan fingerprint density at radius 2 is 0.909 bits per heavy atom. The van der Waals surface area contributed by atoms with E-state index in [0.29, 0.717) is 0 Å². The molecular formula is C18H22N4. The van der Waals surface area contributed by atoms with Crippen LogP contribution in [0.25, 0.3) is 0 Å². The molecular weight excluding hydrogens is 272 g/mol. The fraction of sp³-hybridized carbons (Fsp3) is 0.222. The van der Waals surface area contributed by atoms with Gasteiger partial charge in [-0.3, -0.25) is 0 Å². The van der Waals surface area contributed by atoms with Crippen LogP contribution in [0.2, 0.25) is 0 Å². The van der Waals surface area contributed by atoms with Crippen LogP contribution in [-0.4, -0.2) is 49.6 Å². The van der Waals surface area contributed by atoms with E-state index < -0.39 is 0 Å². The highest BCUT2D eigenvalue weighted by Gasteiger charge is 2.15. The zero-order chi connectivity index (χ0) is 15.9. The molecule has 0 bridgehead atoms. The Kier molecular flexibility index (Phi) is 5.31. The molecule has 0 aromatic heterocycles. The Balaban J connectivity index is 2.60. The van der Waals surface area contributed by atoms with E-state index in [1.807, 2.05) is 64.6 Å². The smallest absolute Gasteiger partial charge is 0.118 e. The van der Waals surface area contributed by atoms with E-state index in [4.69, 9.17) is 0 Å². The fourth-order valence-corrected chi connectivity index (χ4v) is 2.08. The largest absolute Gasteiger partial charge is 0.302 e. The topological polar surface area (TPSA) is 31.2 Å². The molecule has 0 fully saturated rings. The molecule has 0 amide bonds. The maximum Gasteiger partial charge on any atom is 0.118 e. The molecule has 0 saturated carbocycles. The van der Waals surface area contributed by atoms with Gasteiger partial charge in [0.25, 0.3) is 0 Å². The number of hydrogen-bond acceptors (Lipinski definition) is 4. The predicted molar refractivity (Wildman–Crippen MR) is 93.3 cm³/mol. The van der Waals surface area contributed by atoms with Crippen LogP contribution in [0.1, 0.15) is 11.1 Å². The minimum absolute atomic E-state index is 0.852. The van der Waals surface area contributed by atoms with Gasteiger partial charge in [-0.15, -0.1) is 0 Å². The van der Waals surface area contributed by atoms with Gasteiger partial charge in [-0.1, -0.05) is 60.7 Å². The molecule has 4 nitrogen and oxygen atoms in total. The van der Waals surface area contributed by atoms with Crippen LogP contribution in [0, 0.1) is 0 Å². The first-order valence-corrected chi connectivity index (χ1v) is 7.21. The van der Waals surface area contributed by atoms with Crippen LogP contribution in [-0.2, 0) is 0 Å². The Morgan fingerprint density at radius 3 is 1.18 bits per heavy atom. The van der Waals surface area contributed by atoms with Crippen molar-refractivity contribution in [2.24, 2.45) is 10.2 Å². The lowest BCUT2D eigenvalue weighted by molar-refractivity contribution is 0.434. The van der Waals surface area contributed by atoms with Gasteiger partial charge in [0, 0.05) is 39.3 Å². The molecule has 0 aliphatic rings. The van der Waals surface area contributed by atoms with Crippen molar-refractivity contribution in [3.05, 3.63) is 71.8 Å². The standard InChI is InChI=1S/C18H22N4/c1-21(2)19-17(15-11-7-5-8-12-15)18(20-22(3)4)16-13-9-6-10-14-16/h5-14H,1-4H3/b19-17+,20-18+. The third kappa shape index (κ3) is 4.19. The Hall–Kier alpha value is -2.62. The maximum atomic E-state index is 4.67. The molecule has 22 heavy (non-hydrogen) atoms. The van der Waals surface area contributed by atoms with Gasteiger partial charge in [-0.2, -0.15) is 10.2 Å². The van der Waals surface area contributed by atoms with Crippen LogP contribution in [0.3, 0.4) is 0 Å². The van der Waals surface area contributed by atoms with Gasteiger partial charge in [0.15, 0.2) is 0 Å². The van der Waals surface area contributed by atoms with Gasteiger partial charge in [-0.05, 0) is 0 Å². The Morgan fingerprint density at radius 1 is 0.591 bits per heavy atom. The predicted octanol–water partition coefficient (Wildman–Crippen LogP) is 2.92. The first-order valence-electron chi connectivity index (χ1n) is 7.21. The zero-order valence-corrected chi connectivity index (χ0v) is 13.6. The van der Waals surface area contributed by atoms with Crippen molar-refractivity contribution >= 4 is 11.4 Å². The summed E-state index contributed by atoms with van der Waals surface area (Å²) in [4.78, 5) is 0. The number of hydrogen-bond donors (Lipinski definition) is 0. The highest BCUT2D eigenvalue weighted by atomic mass is 15.4. The molecule has 114 valence electrons. The number of nitrogens with zero attached hydrogens (tertiary/aromatic N) is 4. The molecule has 0 saturated heterocycles. The molecule has 0 atom stereocenters. The Bertz CT molecular complexity index is 584. The van der Waals surface area contributed by atoms with Gasteiger partial charge >= 0.3 is 0 Å². The summed E-state index contributed by atoms with van der Waals surface area (Å²) in [5, 5.41) is 12.9. The second-order valence-corrected chi connectivity index (χ2v) is 5.32. The number of hydrazone groups is 2. The van der Waals surface area contributed by atoms with Crippen molar-refractivity contribution < 1.29 is 0 Å². The molecule has 0 N–H and O–H groups in total. The van der Waals surface area contributed by atoms with E-state index in [2.05, 4.69) is 34.5 Å². The van der Waals surface area contributed by atoms with Crippen molar-refractivity contribution in [1.29, 1.82) is 0 Å². The summed E-state index contributed by atoms with van der Waals surface area (Å²) in [5.41, 5.74) is 3.79. The lowest BCUT2D eigenvalue weighted by atomic mass is 10.00. The molecule has 0 radical (unpaired) electrons. The quantitative estimate of drug-likeness (QED) is 0.627. The minimum atomic E-state index is 0.852. The van der Waals surface area contributed by atoms with E-state index in [1.165, 1.54) is 0 Å². The van der Waals surface area contributed by atoms with Crippen LogP contribution < -0.4 is 0 Å². The van der Waals surface area contributed by atoms with Crippen molar-refractivity contribution in [3.63, 3.8) is 0 Å². The van der Waals surface area contributed by atoms with E-state index >= 15 is 0 Å². The molecule has 0 spiro atoms. The first kappa shape index (κ1) is 15.8. The average molecular weight is 294 g/mol. The van der Waals surface area contributed by atoms with Gasteiger partial charge < -0.3 is 10.0 Å². The highest BCUT2D eigenvalue weighted by molar-refractivity contribution is 6.53. The fourth-order valence-electron chi connectivity index (χ4n) is 2.08. The second kappa shape index (κ2) is 7.41. The summed E-state index contributed by atoms with van der Waals surface area (Å²) in [5.74, 6) is 0. The summed E-state index contributed by atoms with van der Waals surface area (Å²) < 4.78 is 0. The third-order valence-corrected chi connectivity index (χ3v) is 2.92. The number of benzene rings is 2. The van der Waals surface area contributed by atoms with Gasteiger partial charge in [0.05, 0.1) is 0 Å². The Labute approximate surface area is 132 Å². The molecule has 4 heteroatoms. The van der Waals surface area contributed by atoms with E-state index in [1.54, 1.807) is 10.0 Å². The molecule has 2 aromatic carbocycles. The van der Waals surface area contributed by atoms with Crippen LogP contribution >= 0.6 is 0 Å². The molecule has 2 rings (SSSR count). The summed E-state index contributed by atoms with van der Waals surface area (Å²) in [6.07, 6.45) is 0. The SMILES string of the molecule is CN(C)/N=C(/C(=N/N(C)C)c1ccccc1)c1ccccc1. The van der Waals surface area contributed by atoms with Crippen molar-refractivity contribution in [2.75, 3.05) is 28.2 Å². The summed E-state index contributed by atoms with van der Waals surface area (Å²) in [7, 11) is 7.67. The van der Waals surface area contributed by atoms with Crippen molar-refractivity contribution in [3.8, 4) is 0 Å². The van der Waals surface area contributed by atoms with Crippen LogP contribution in [0.5, 0.6) is 0 Å². The van der Waals surface area contributed by atoms with Gasteiger partial charge in [0.2, 0.25) is 0 Å². The number of rotatable bonds is 5. The second-order valence-electron chi connectivity index (χ2n) is 5.32. The summed E-state index contributed by atoms with van der Waals surface area (Å²) in [6, 6.07) is 20.3. The van der Waals surface area contributed by atoms with Gasteiger partial charge in [-0.25, -0.2) is 0 Å². The molecule has 0 unspecified atom stereocenters. The van der Waals surface area contributed by atoms with Gasteiger partial charge in [0.1, 0.15) is 11.4 Å². The lowest BCUT2D eigenvalue weighted by Crippen LogP contribution is -2.23. The monoisotopic (exact) mass is 294 g/mol. The zero-order valence-electron chi connectivity index (χ0n) is 13.6. The minimum Gasteiger partial charge on any atom is -0.302 e. The molecule has 0 heterocycles. The molecule has 2 aromatic rings. The summed E-state index contributed by atoms with van der Waals surface area (Å²) >= 11 is 0. The third-order valence-electron chi connectivity index (χ3n) is 2.92. The first-order chi connectivity index (χ1) is 10.6. The van der Waals surface area contributed by atoms with E-state index in [0.717, 1.165) is 22.6 Å². The maximum absolute atomic E-state index is 4.67. The lowest BCUT2D eigenvalue weighted by Gasteiger charge is -2.16. The summed E-state index contributed by atoms with van der Waals surface area (Å²) in [6.45, 7) is 0. The molecule has 0 aliphatic heterocycles. The normalized spacial score (nSPS) is 12.2. The van der Waals surface area contributed by atoms with Crippen molar-refractivity contribution in [1.82, 2.24) is 10.0 Å². The van der Waals surface area contributed by atoms with E-state index in [9.17, 15) is 0 Å². The van der Waals surface area contributed by atoms with Crippen LogP contribution in [0.15, 0.2) is 70.9 Å². The van der Waals surface area contributed by atoms with Crippen molar-refractivity contribution in [2.45, 2.75) is 0 Å². The van der Waals surface area contributed by atoms with E-state index in [-0.39, 0.29) is 0 Å². The average Bonchev–Trinajstić information content (AvgIpc) is 2.52. The highest BCUT2D eigenvalue weighted by Crippen LogP contribution is 2.11. The van der Waals surface area contributed by atoms with Crippen LogP contribution in [0.4, 0.5) is 0 Å².